The number of benzene rings is 2. The SMILES string of the molecule is CNC(=O)CC(c1ccccc1)c1c(OC)ccc2[nH]ccc12. The summed E-state index contributed by atoms with van der Waals surface area (Å²) in [4.78, 5) is 15.3. The lowest BCUT2D eigenvalue weighted by Gasteiger charge is -2.21. The van der Waals surface area contributed by atoms with Crippen molar-refractivity contribution >= 4 is 16.8 Å². The number of fused-ring (bicyclic) bond motifs is 1. The van der Waals surface area contributed by atoms with Gasteiger partial charge < -0.3 is 15.0 Å². The van der Waals surface area contributed by atoms with E-state index in [1.165, 1.54) is 0 Å². The van der Waals surface area contributed by atoms with Crippen LogP contribution in [0.3, 0.4) is 0 Å². The number of amides is 1. The molecule has 1 atom stereocenters. The van der Waals surface area contributed by atoms with Crippen LogP contribution >= 0.6 is 0 Å². The van der Waals surface area contributed by atoms with E-state index in [1.807, 2.05) is 42.6 Å². The van der Waals surface area contributed by atoms with Crippen molar-refractivity contribution in [2.45, 2.75) is 12.3 Å². The van der Waals surface area contributed by atoms with Gasteiger partial charge in [-0.3, -0.25) is 4.79 Å². The number of methoxy groups -OCH3 is 1. The van der Waals surface area contributed by atoms with Gasteiger partial charge in [-0.25, -0.2) is 0 Å². The minimum absolute atomic E-state index is 0.00782. The lowest BCUT2D eigenvalue weighted by Crippen LogP contribution is -2.21. The van der Waals surface area contributed by atoms with E-state index in [0.717, 1.165) is 27.8 Å². The highest BCUT2D eigenvalue weighted by Gasteiger charge is 2.23. The monoisotopic (exact) mass is 308 g/mol. The number of carbonyl (C=O) groups is 1. The van der Waals surface area contributed by atoms with Crippen molar-refractivity contribution in [1.82, 2.24) is 10.3 Å². The second-order valence-electron chi connectivity index (χ2n) is 5.46. The van der Waals surface area contributed by atoms with Crippen LogP contribution in [0.15, 0.2) is 54.7 Å². The predicted octanol–water partition coefficient (Wildman–Crippen LogP) is 3.44. The number of rotatable bonds is 5. The molecule has 23 heavy (non-hydrogen) atoms. The molecule has 0 aliphatic heterocycles. The highest BCUT2D eigenvalue weighted by molar-refractivity contribution is 5.88. The minimum atomic E-state index is -0.0643. The predicted molar refractivity (Wildman–Crippen MR) is 91.8 cm³/mol. The lowest BCUT2D eigenvalue weighted by atomic mass is 9.85. The normalized spacial score (nSPS) is 12.1. The average Bonchev–Trinajstić information content (AvgIpc) is 3.08. The Morgan fingerprint density at radius 3 is 2.65 bits per heavy atom. The van der Waals surface area contributed by atoms with Gasteiger partial charge in [-0.1, -0.05) is 30.3 Å². The van der Waals surface area contributed by atoms with Crippen LogP contribution in [0.5, 0.6) is 5.75 Å². The summed E-state index contributed by atoms with van der Waals surface area (Å²) in [5, 5.41) is 3.81. The van der Waals surface area contributed by atoms with Crippen molar-refractivity contribution < 1.29 is 9.53 Å². The molecule has 0 aliphatic carbocycles. The highest BCUT2D eigenvalue weighted by atomic mass is 16.5. The molecular weight excluding hydrogens is 288 g/mol. The Balaban J connectivity index is 2.20. The molecule has 0 fully saturated rings. The maximum absolute atomic E-state index is 12.1. The van der Waals surface area contributed by atoms with Crippen molar-refractivity contribution in [3.8, 4) is 5.75 Å². The first-order valence-electron chi connectivity index (χ1n) is 7.64. The van der Waals surface area contributed by atoms with E-state index < -0.39 is 0 Å². The van der Waals surface area contributed by atoms with E-state index in [1.54, 1.807) is 14.2 Å². The summed E-state index contributed by atoms with van der Waals surface area (Å²) in [6, 6.07) is 16.1. The van der Waals surface area contributed by atoms with Gasteiger partial charge in [0, 0.05) is 42.0 Å². The van der Waals surface area contributed by atoms with E-state index >= 15 is 0 Å². The topological polar surface area (TPSA) is 54.1 Å². The molecule has 0 radical (unpaired) electrons. The third-order valence-electron chi connectivity index (χ3n) is 4.17. The number of aromatic amines is 1. The molecule has 3 aromatic rings. The second-order valence-corrected chi connectivity index (χ2v) is 5.46. The maximum atomic E-state index is 12.1. The van der Waals surface area contributed by atoms with Crippen LogP contribution in [0.2, 0.25) is 0 Å². The zero-order chi connectivity index (χ0) is 16.2. The molecule has 3 rings (SSSR count). The van der Waals surface area contributed by atoms with Crippen molar-refractivity contribution in [3.63, 3.8) is 0 Å². The van der Waals surface area contributed by atoms with Gasteiger partial charge in [0.25, 0.3) is 0 Å². The van der Waals surface area contributed by atoms with Crippen LogP contribution < -0.4 is 10.1 Å². The van der Waals surface area contributed by atoms with E-state index in [2.05, 4.69) is 22.4 Å². The van der Waals surface area contributed by atoms with Crippen LogP contribution in [0.25, 0.3) is 10.9 Å². The van der Waals surface area contributed by atoms with Gasteiger partial charge in [0.15, 0.2) is 0 Å². The Morgan fingerprint density at radius 2 is 1.96 bits per heavy atom. The first-order valence-corrected chi connectivity index (χ1v) is 7.64. The van der Waals surface area contributed by atoms with Gasteiger partial charge in [0.05, 0.1) is 7.11 Å². The second kappa shape index (κ2) is 6.57. The van der Waals surface area contributed by atoms with Crippen molar-refractivity contribution in [1.29, 1.82) is 0 Å². The molecule has 2 aromatic carbocycles. The summed E-state index contributed by atoms with van der Waals surface area (Å²) in [5.41, 5.74) is 3.18. The zero-order valence-electron chi connectivity index (χ0n) is 13.3. The van der Waals surface area contributed by atoms with E-state index in [-0.39, 0.29) is 11.8 Å². The Morgan fingerprint density at radius 1 is 1.17 bits per heavy atom. The molecule has 4 nitrogen and oxygen atoms in total. The van der Waals surface area contributed by atoms with E-state index in [9.17, 15) is 4.79 Å². The van der Waals surface area contributed by atoms with Gasteiger partial charge in [-0.15, -0.1) is 0 Å². The standard InChI is InChI=1S/C19H20N2O2/c1-20-18(22)12-15(13-6-4-3-5-7-13)19-14-10-11-21-16(14)8-9-17(19)23-2/h3-11,15,21H,12H2,1-2H3,(H,20,22). The summed E-state index contributed by atoms with van der Waals surface area (Å²) in [6.45, 7) is 0. The molecule has 1 aromatic heterocycles. The molecule has 0 saturated carbocycles. The fourth-order valence-corrected chi connectivity index (χ4v) is 3.03. The largest absolute Gasteiger partial charge is 0.496 e. The van der Waals surface area contributed by atoms with E-state index in [4.69, 9.17) is 4.74 Å². The van der Waals surface area contributed by atoms with Crippen molar-refractivity contribution in [2.24, 2.45) is 0 Å². The number of hydrogen-bond acceptors (Lipinski definition) is 2. The molecule has 1 heterocycles. The molecule has 0 bridgehead atoms. The third kappa shape index (κ3) is 2.93. The molecule has 0 spiro atoms. The Kier molecular flexibility index (Phi) is 4.33. The Hall–Kier alpha value is -2.75. The highest BCUT2D eigenvalue weighted by Crippen LogP contribution is 2.39. The van der Waals surface area contributed by atoms with Crippen molar-refractivity contribution in [3.05, 3.63) is 65.9 Å². The fourth-order valence-electron chi connectivity index (χ4n) is 3.03. The number of nitrogens with one attached hydrogen (secondary N) is 2. The van der Waals surface area contributed by atoms with Crippen LogP contribution in [-0.2, 0) is 4.79 Å². The van der Waals surface area contributed by atoms with Gasteiger partial charge >= 0.3 is 0 Å². The molecule has 1 amide bonds. The van der Waals surface area contributed by atoms with Crippen LogP contribution in [-0.4, -0.2) is 25.0 Å². The first-order chi connectivity index (χ1) is 11.2. The molecule has 0 aliphatic rings. The van der Waals surface area contributed by atoms with Crippen LogP contribution in [0.1, 0.15) is 23.5 Å². The molecule has 4 heteroatoms. The van der Waals surface area contributed by atoms with Gasteiger partial charge in [-0.2, -0.15) is 0 Å². The number of H-pyrrole nitrogens is 1. The third-order valence-corrected chi connectivity index (χ3v) is 4.17. The summed E-state index contributed by atoms with van der Waals surface area (Å²) in [7, 11) is 3.33. The maximum Gasteiger partial charge on any atom is 0.220 e. The van der Waals surface area contributed by atoms with E-state index in [0.29, 0.717) is 6.42 Å². The summed E-state index contributed by atoms with van der Waals surface area (Å²) < 4.78 is 5.59. The molecule has 118 valence electrons. The summed E-state index contributed by atoms with van der Waals surface area (Å²) in [5.74, 6) is 0.744. The van der Waals surface area contributed by atoms with Gasteiger partial charge in [0.2, 0.25) is 5.91 Å². The molecule has 1 unspecified atom stereocenters. The number of aromatic nitrogens is 1. The fraction of sp³-hybridized carbons (Fsp3) is 0.211. The molecule has 0 saturated heterocycles. The Bertz CT molecular complexity index is 809. The molecule has 2 N–H and O–H groups in total. The van der Waals surface area contributed by atoms with Crippen molar-refractivity contribution in [2.75, 3.05) is 14.2 Å². The van der Waals surface area contributed by atoms with Gasteiger partial charge in [0.1, 0.15) is 5.75 Å². The molecular formula is C19H20N2O2. The van der Waals surface area contributed by atoms with Crippen LogP contribution in [0, 0.1) is 0 Å². The average molecular weight is 308 g/mol. The smallest absolute Gasteiger partial charge is 0.220 e. The number of carbonyl (C=O) groups excluding carboxylic acids is 1. The number of hydrogen-bond donors (Lipinski definition) is 2. The lowest BCUT2D eigenvalue weighted by molar-refractivity contribution is -0.120. The van der Waals surface area contributed by atoms with Crippen LogP contribution in [0.4, 0.5) is 0 Å². The van der Waals surface area contributed by atoms with Gasteiger partial charge in [-0.05, 0) is 23.8 Å². The zero-order valence-corrected chi connectivity index (χ0v) is 13.3. The minimum Gasteiger partial charge on any atom is -0.496 e. The number of ether oxygens (including phenoxy) is 1. The summed E-state index contributed by atoms with van der Waals surface area (Å²) in [6.07, 6.45) is 2.29. The summed E-state index contributed by atoms with van der Waals surface area (Å²) >= 11 is 0. The quantitative estimate of drug-likeness (QED) is 0.758. The Labute approximate surface area is 135 Å². The first kappa shape index (κ1) is 15.2.